The summed E-state index contributed by atoms with van der Waals surface area (Å²) in [5.74, 6) is -0.201. The molecule has 2 heterocycles. The predicted octanol–water partition coefficient (Wildman–Crippen LogP) is 10.9. The first-order chi connectivity index (χ1) is 22.1. The van der Waals surface area contributed by atoms with Crippen molar-refractivity contribution in [3.8, 4) is 22.4 Å². The Bertz CT molecular complexity index is 1800. The normalized spacial score (nSPS) is 13.5. The van der Waals surface area contributed by atoms with Gasteiger partial charge >= 0.3 is 0 Å². The molecule has 5 aromatic rings. The molecule has 6 rings (SSSR count). The van der Waals surface area contributed by atoms with Gasteiger partial charge in [0.2, 0.25) is 0 Å². The third kappa shape index (κ3) is 8.47. The van der Waals surface area contributed by atoms with Gasteiger partial charge in [-0.15, -0.1) is 24.8 Å². The molecule has 0 atom stereocenters. The van der Waals surface area contributed by atoms with Gasteiger partial charge in [0.05, 0.1) is 5.69 Å². The van der Waals surface area contributed by atoms with E-state index in [-0.39, 0.29) is 30.6 Å². The number of aromatic nitrogens is 1. The number of hydrogen-bond acceptors (Lipinski definition) is 3. The van der Waals surface area contributed by atoms with Gasteiger partial charge in [-0.1, -0.05) is 30.3 Å². The molecule has 48 heavy (non-hydrogen) atoms. The molecule has 0 aliphatic carbocycles. The van der Waals surface area contributed by atoms with E-state index in [1.807, 2.05) is 18.3 Å². The number of benzene rings is 4. The lowest BCUT2D eigenvalue weighted by molar-refractivity contribution is 0.201. The first kappa shape index (κ1) is 37.1. The molecular formula is C42H48Cl2FN3. The lowest BCUT2D eigenvalue weighted by Crippen LogP contribution is -2.44. The van der Waals surface area contributed by atoms with Crippen LogP contribution in [0.15, 0.2) is 91.1 Å². The minimum atomic E-state index is -0.201. The number of hydrogen-bond donors (Lipinski definition) is 0. The van der Waals surface area contributed by atoms with Gasteiger partial charge in [0, 0.05) is 49.7 Å². The molecule has 0 radical (unpaired) electrons. The fraction of sp³-hybridized carbons (Fsp3) is 0.310. The highest BCUT2D eigenvalue weighted by Gasteiger charge is 2.26. The number of piperidine rings is 1. The zero-order valence-corrected chi connectivity index (χ0v) is 30.6. The summed E-state index contributed by atoms with van der Waals surface area (Å²) in [4.78, 5) is 9.79. The van der Waals surface area contributed by atoms with Gasteiger partial charge in [-0.3, -0.25) is 9.88 Å². The quantitative estimate of drug-likeness (QED) is 0.162. The summed E-state index contributed by atoms with van der Waals surface area (Å²) in [6.45, 7) is 16.9. The monoisotopic (exact) mass is 683 g/mol. The molecule has 0 saturated carbocycles. The molecule has 0 amide bonds. The molecule has 1 saturated heterocycles. The second-order valence-corrected chi connectivity index (χ2v) is 13.3. The van der Waals surface area contributed by atoms with Gasteiger partial charge in [0.25, 0.3) is 0 Å². The Hall–Kier alpha value is -3.70. The van der Waals surface area contributed by atoms with Crippen LogP contribution in [-0.4, -0.2) is 29.0 Å². The summed E-state index contributed by atoms with van der Waals surface area (Å²) in [5.41, 5.74) is 16.3. The van der Waals surface area contributed by atoms with E-state index in [0.717, 1.165) is 56.0 Å². The van der Waals surface area contributed by atoms with E-state index in [1.54, 1.807) is 12.1 Å². The summed E-state index contributed by atoms with van der Waals surface area (Å²) in [6, 6.07) is 29.9. The highest BCUT2D eigenvalue weighted by Crippen LogP contribution is 2.30. The molecule has 0 N–H and O–H groups in total. The van der Waals surface area contributed by atoms with Crippen LogP contribution in [0.4, 0.5) is 10.1 Å². The largest absolute Gasteiger partial charge is 0.364 e. The maximum absolute atomic E-state index is 14.0. The highest BCUT2D eigenvalue weighted by molar-refractivity contribution is 5.85. The maximum Gasteiger partial charge on any atom is 0.123 e. The van der Waals surface area contributed by atoms with Crippen molar-refractivity contribution in [3.05, 3.63) is 141 Å². The van der Waals surface area contributed by atoms with Crippen LogP contribution < -0.4 is 4.90 Å². The van der Waals surface area contributed by atoms with Crippen LogP contribution in [0.1, 0.15) is 57.3 Å². The molecule has 4 aromatic carbocycles. The van der Waals surface area contributed by atoms with Crippen molar-refractivity contribution in [2.45, 2.75) is 73.5 Å². The van der Waals surface area contributed by atoms with Crippen LogP contribution in [0.3, 0.4) is 0 Å². The van der Waals surface area contributed by atoms with Crippen LogP contribution in [0.5, 0.6) is 0 Å². The molecular weight excluding hydrogens is 636 g/mol. The van der Waals surface area contributed by atoms with E-state index in [1.165, 1.54) is 55.6 Å². The lowest BCUT2D eigenvalue weighted by atomic mass is 9.95. The number of nitrogens with zero attached hydrogens (tertiary/aromatic N) is 3. The Kier molecular flexibility index (Phi) is 12.5. The number of aryl methyl sites for hydroxylation is 4. The number of anilines is 1. The molecule has 252 valence electrons. The average molecular weight is 685 g/mol. The van der Waals surface area contributed by atoms with E-state index < -0.39 is 0 Å². The summed E-state index contributed by atoms with van der Waals surface area (Å²) in [6.07, 6.45) is 4.04. The molecule has 0 unspecified atom stereocenters. The first-order valence-electron chi connectivity index (χ1n) is 16.6. The van der Waals surface area contributed by atoms with Crippen LogP contribution >= 0.6 is 24.8 Å². The van der Waals surface area contributed by atoms with Gasteiger partial charge in [0.15, 0.2) is 0 Å². The third-order valence-electron chi connectivity index (χ3n) is 10.1. The van der Waals surface area contributed by atoms with Crippen LogP contribution in [0, 0.1) is 47.4 Å². The Labute approximate surface area is 299 Å². The minimum Gasteiger partial charge on any atom is -0.364 e. The van der Waals surface area contributed by atoms with Crippen LogP contribution in [0.25, 0.3) is 22.4 Å². The summed E-state index contributed by atoms with van der Waals surface area (Å²) >= 11 is 0. The lowest BCUT2D eigenvalue weighted by Gasteiger charge is -2.40. The highest BCUT2D eigenvalue weighted by atomic mass is 35.5. The van der Waals surface area contributed by atoms with Gasteiger partial charge in [-0.2, -0.15) is 0 Å². The van der Waals surface area contributed by atoms with Crippen molar-refractivity contribution in [1.29, 1.82) is 0 Å². The molecule has 6 heteroatoms. The molecule has 1 fully saturated rings. The fourth-order valence-corrected chi connectivity index (χ4v) is 6.87. The average Bonchev–Trinajstić information content (AvgIpc) is 3.06. The van der Waals surface area contributed by atoms with E-state index in [9.17, 15) is 4.39 Å². The number of likely N-dealkylation sites (tertiary alicyclic amines) is 1. The molecule has 1 aliphatic rings. The second kappa shape index (κ2) is 16.1. The zero-order valence-electron chi connectivity index (χ0n) is 29.0. The number of rotatable bonds is 8. The van der Waals surface area contributed by atoms with Crippen molar-refractivity contribution < 1.29 is 4.39 Å². The Balaban J connectivity index is 0.00000260. The molecule has 3 nitrogen and oxygen atoms in total. The topological polar surface area (TPSA) is 19.4 Å². The van der Waals surface area contributed by atoms with E-state index >= 15 is 0 Å². The summed E-state index contributed by atoms with van der Waals surface area (Å²) in [7, 11) is 0. The smallest absolute Gasteiger partial charge is 0.123 e. The summed E-state index contributed by atoms with van der Waals surface area (Å²) < 4.78 is 14.0. The molecule has 0 spiro atoms. The third-order valence-corrected chi connectivity index (χ3v) is 10.1. The SMILES string of the molecule is Cc1cc(-c2cccc(CN3CCC(N(Cc4ccnc(-c5cc(C)c(C)c(C)c5)c4)c4ccc(F)cc4)CC3)c2)cc(C)c1C.Cl.Cl. The van der Waals surface area contributed by atoms with Crippen molar-refractivity contribution >= 4 is 30.5 Å². The Morgan fingerprint density at radius 2 is 1.25 bits per heavy atom. The van der Waals surface area contributed by atoms with E-state index in [2.05, 4.69) is 112 Å². The molecule has 0 bridgehead atoms. The number of halogens is 3. The van der Waals surface area contributed by atoms with Crippen molar-refractivity contribution in [3.63, 3.8) is 0 Å². The van der Waals surface area contributed by atoms with Crippen LogP contribution in [-0.2, 0) is 13.1 Å². The zero-order chi connectivity index (χ0) is 32.4. The predicted molar refractivity (Wildman–Crippen MR) is 205 cm³/mol. The standard InChI is InChI=1S/C42H46FN3.2ClH/c1-28-20-37(21-29(2)32(28)5)36-9-7-8-34(24-36)26-45-18-15-41(16-19-45)46(40-12-10-39(43)11-13-40)27-35-14-17-44-42(25-35)38-22-30(3)33(6)31(4)23-38;;/h7-14,17,20-25,41H,15-16,18-19,26-27H2,1-6H3;2*1H. The first-order valence-corrected chi connectivity index (χ1v) is 16.6. The van der Waals surface area contributed by atoms with Crippen molar-refractivity contribution in [2.24, 2.45) is 0 Å². The van der Waals surface area contributed by atoms with Gasteiger partial charge in [-0.05, 0) is 165 Å². The fourth-order valence-electron chi connectivity index (χ4n) is 6.87. The van der Waals surface area contributed by atoms with Gasteiger partial charge in [-0.25, -0.2) is 4.39 Å². The van der Waals surface area contributed by atoms with Crippen LogP contribution in [0.2, 0.25) is 0 Å². The van der Waals surface area contributed by atoms with Crippen molar-refractivity contribution in [1.82, 2.24) is 9.88 Å². The number of pyridine rings is 1. The second-order valence-electron chi connectivity index (χ2n) is 13.3. The Morgan fingerprint density at radius 3 is 1.85 bits per heavy atom. The molecule has 1 aliphatic heterocycles. The summed E-state index contributed by atoms with van der Waals surface area (Å²) in [5, 5.41) is 0. The van der Waals surface area contributed by atoms with Crippen molar-refractivity contribution in [2.75, 3.05) is 18.0 Å². The van der Waals surface area contributed by atoms with Gasteiger partial charge < -0.3 is 4.90 Å². The Morgan fingerprint density at radius 1 is 0.667 bits per heavy atom. The minimum absolute atomic E-state index is 0. The maximum atomic E-state index is 14.0. The van der Waals surface area contributed by atoms with E-state index in [0.29, 0.717) is 6.04 Å². The van der Waals surface area contributed by atoms with E-state index in [4.69, 9.17) is 4.98 Å². The molecule has 1 aromatic heterocycles. The van der Waals surface area contributed by atoms with Gasteiger partial charge in [0.1, 0.15) is 5.82 Å².